The first-order valence-electron chi connectivity index (χ1n) is 8.97. The number of piperidine rings is 1. The maximum absolute atomic E-state index is 12.3. The van der Waals surface area contributed by atoms with Crippen molar-refractivity contribution in [1.29, 1.82) is 0 Å². The third-order valence-corrected chi connectivity index (χ3v) is 5.04. The Balaban J connectivity index is 1.54. The summed E-state index contributed by atoms with van der Waals surface area (Å²) in [6.07, 6.45) is 4.75. The molecule has 0 spiro atoms. The number of benzene rings is 1. The summed E-state index contributed by atoms with van der Waals surface area (Å²) < 4.78 is 11.2. The first kappa shape index (κ1) is 17.0. The molecule has 0 bridgehead atoms. The van der Waals surface area contributed by atoms with Gasteiger partial charge in [0.15, 0.2) is 0 Å². The summed E-state index contributed by atoms with van der Waals surface area (Å²) in [6, 6.07) is 6.63. The van der Waals surface area contributed by atoms with Crippen LogP contribution >= 0.6 is 0 Å². The van der Waals surface area contributed by atoms with Gasteiger partial charge in [0.05, 0.1) is 6.61 Å². The highest BCUT2D eigenvalue weighted by atomic mass is 16.5. The van der Waals surface area contributed by atoms with Gasteiger partial charge < -0.3 is 14.1 Å². The lowest BCUT2D eigenvalue weighted by Crippen LogP contribution is -2.38. The number of aryl methyl sites for hydroxylation is 2. The number of carbonyl (C=O) groups is 1. The lowest BCUT2D eigenvalue weighted by Gasteiger charge is -2.33. The molecule has 4 nitrogen and oxygen atoms in total. The molecular weight excluding hydrogens is 302 g/mol. The zero-order valence-corrected chi connectivity index (χ0v) is 14.9. The van der Waals surface area contributed by atoms with Crippen LogP contribution < -0.4 is 0 Å². The Bertz CT molecular complexity index is 719. The molecule has 3 rings (SSSR count). The van der Waals surface area contributed by atoms with Crippen molar-refractivity contribution in [2.24, 2.45) is 0 Å². The lowest BCUT2D eigenvalue weighted by atomic mass is 10.0. The highest BCUT2D eigenvalue weighted by molar-refractivity contribution is 5.96. The summed E-state index contributed by atoms with van der Waals surface area (Å²) >= 11 is 0. The summed E-state index contributed by atoms with van der Waals surface area (Å²) in [5, 5.41) is 0.981. The van der Waals surface area contributed by atoms with Crippen molar-refractivity contribution in [2.75, 3.05) is 19.7 Å². The van der Waals surface area contributed by atoms with Gasteiger partial charge in [-0.1, -0.05) is 18.6 Å². The molecule has 1 fully saturated rings. The van der Waals surface area contributed by atoms with Gasteiger partial charge in [-0.05, 0) is 58.2 Å². The zero-order valence-electron chi connectivity index (χ0n) is 14.9. The molecule has 1 aliphatic rings. The standard InChI is InChI=1S/C20H27NO3/c1-14-8-9-17-16(3)19(24-18(17)13-14)20(22)23-12-6-11-21-10-5-4-7-15(21)2/h8-9,13,15H,4-7,10-12H2,1-3H3. The van der Waals surface area contributed by atoms with Crippen LogP contribution in [0, 0.1) is 13.8 Å². The lowest BCUT2D eigenvalue weighted by molar-refractivity contribution is 0.0441. The number of esters is 1. The molecular formula is C20H27NO3. The predicted molar refractivity (Wildman–Crippen MR) is 95.5 cm³/mol. The average molecular weight is 329 g/mol. The number of fused-ring (bicyclic) bond motifs is 1. The topological polar surface area (TPSA) is 42.7 Å². The van der Waals surface area contributed by atoms with E-state index in [1.54, 1.807) is 0 Å². The van der Waals surface area contributed by atoms with E-state index in [-0.39, 0.29) is 5.97 Å². The second-order valence-electron chi connectivity index (χ2n) is 6.93. The number of furan rings is 1. The van der Waals surface area contributed by atoms with Crippen molar-refractivity contribution in [1.82, 2.24) is 4.90 Å². The van der Waals surface area contributed by atoms with Gasteiger partial charge in [0, 0.05) is 23.5 Å². The molecule has 0 saturated carbocycles. The fraction of sp³-hybridized carbons (Fsp3) is 0.550. The smallest absolute Gasteiger partial charge is 0.374 e. The predicted octanol–water partition coefficient (Wildman–Crippen LogP) is 4.47. The molecule has 1 aromatic carbocycles. The molecule has 2 aromatic rings. The number of likely N-dealkylation sites (tertiary alicyclic amines) is 1. The van der Waals surface area contributed by atoms with Crippen LogP contribution in [0.15, 0.2) is 22.6 Å². The van der Waals surface area contributed by atoms with Gasteiger partial charge in [-0.2, -0.15) is 0 Å². The Kier molecular flexibility index (Phi) is 5.24. The quantitative estimate of drug-likeness (QED) is 0.599. The Hall–Kier alpha value is -1.81. The number of carbonyl (C=O) groups excluding carboxylic acids is 1. The van der Waals surface area contributed by atoms with E-state index in [1.165, 1.54) is 19.3 Å². The average Bonchev–Trinajstić information content (AvgIpc) is 2.89. The van der Waals surface area contributed by atoms with Crippen LogP contribution in [0.5, 0.6) is 0 Å². The Labute approximate surface area is 143 Å². The van der Waals surface area contributed by atoms with Crippen molar-refractivity contribution in [3.8, 4) is 0 Å². The number of rotatable bonds is 5. The van der Waals surface area contributed by atoms with Crippen LogP contribution in [-0.2, 0) is 4.74 Å². The summed E-state index contributed by atoms with van der Waals surface area (Å²) in [5.41, 5.74) is 2.73. The van der Waals surface area contributed by atoms with Gasteiger partial charge in [-0.3, -0.25) is 0 Å². The van der Waals surface area contributed by atoms with Gasteiger partial charge in [0.1, 0.15) is 5.58 Å². The van der Waals surface area contributed by atoms with Crippen LogP contribution in [0.2, 0.25) is 0 Å². The van der Waals surface area contributed by atoms with Gasteiger partial charge in [0.2, 0.25) is 5.76 Å². The minimum absolute atomic E-state index is 0.335. The Morgan fingerprint density at radius 1 is 1.33 bits per heavy atom. The summed E-state index contributed by atoms with van der Waals surface area (Å²) in [7, 11) is 0. The summed E-state index contributed by atoms with van der Waals surface area (Å²) in [4.78, 5) is 14.8. The number of hydrogen-bond donors (Lipinski definition) is 0. The molecule has 0 aliphatic carbocycles. The first-order chi connectivity index (χ1) is 11.6. The minimum atomic E-state index is -0.354. The van der Waals surface area contributed by atoms with E-state index in [0.717, 1.165) is 41.6 Å². The molecule has 1 unspecified atom stereocenters. The van der Waals surface area contributed by atoms with Gasteiger partial charge >= 0.3 is 5.97 Å². The second-order valence-corrected chi connectivity index (χ2v) is 6.93. The van der Waals surface area contributed by atoms with Crippen molar-refractivity contribution >= 4 is 16.9 Å². The number of nitrogens with zero attached hydrogens (tertiary/aromatic N) is 1. The first-order valence-corrected chi connectivity index (χ1v) is 8.97. The molecule has 4 heteroatoms. The third-order valence-electron chi connectivity index (χ3n) is 5.04. The van der Waals surface area contributed by atoms with E-state index < -0.39 is 0 Å². The van der Waals surface area contributed by atoms with E-state index in [0.29, 0.717) is 18.4 Å². The van der Waals surface area contributed by atoms with E-state index in [2.05, 4.69) is 11.8 Å². The third kappa shape index (κ3) is 3.64. The molecule has 2 heterocycles. The molecule has 1 aliphatic heterocycles. The highest BCUT2D eigenvalue weighted by Gasteiger charge is 2.20. The van der Waals surface area contributed by atoms with Gasteiger partial charge in [0.25, 0.3) is 0 Å². The van der Waals surface area contributed by atoms with Gasteiger partial charge in [-0.25, -0.2) is 4.79 Å². The largest absolute Gasteiger partial charge is 0.460 e. The van der Waals surface area contributed by atoms with Crippen LogP contribution in [0.1, 0.15) is 54.3 Å². The minimum Gasteiger partial charge on any atom is -0.460 e. The van der Waals surface area contributed by atoms with Crippen LogP contribution in [0.25, 0.3) is 11.0 Å². The molecule has 0 amide bonds. The van der Waals surface area contributed by atoms with Crippen LogP contribution in [0.4, 0.5) is 0 Å². The van der Waals surface area contributed by atoms with Crippen molar-refractivity contribution < 1.29 is 13.9 Å². The molecule has 130 valence electrons. The van der Waals surface area contributed by atoms with Crippen molar-refractivity contribution in [3.05, 3.63) is 35.1 Å². The van der Waals surface area contributed by atoms with E-state index in [4.69, 9.17) is 9.15 Å². The normalized spacial score (nSPS) is 18.9. The molecule has 24 heavy (non-hydrogen) atoms. The molecule has 0 radical (unpaired) electrons. The van der Waals surface area contributed by atoms with Crippen LogP contribution in [0.3, 0.4) is 0 Å². The van der Waals surface area contributed by atoms with E-state index in [1.807, 2.05) is 32.0 Å². The number of ether oxygens (including phenoxy) is 1. The second kappa shape index (κ2) is 7.39. The maximum Gasteiger partial charge on any atom is 0.374 e. The Morgan fingerprint density at radius 3 is 2.96 bits per heavy atom. The van der Waals surface area contributed by atoms with Crippen molar-refractivity contribution in [3.63, 3.8) is 0 Å². The maximum atomic E-state index is 12.3. The fourth-order valence-electron chi connectivity index (χ4n) is 3.52. The fourth-order valence-corrected chi connectivity index (χ4v) is 3.52. The molecule has 1 saturated heterocycles. The van der Waals surface area contributed by atoms with E-state index in [9.17, 15) is 4.79 Å². The molecule has 0 N–H and O–H groups in total. The van der Waals surface area contributed by atoms with Gasteiger partial charge in [-0.15, -0.1) is 0 Å². The number of hydrogen-bond acceptors (Lipinski definition) is 4. The molecule has 1 atom stereocenters. The zero-order chi connectivity index (χ0) is 17.1. The van der Waals surface area contributed by atoms with E-state index >= 15 is 0 Å². The molecule has 1 aromatic heterocycles. The summed E-state index contributed by atoms with van der Waals surface area (Å²) in [6.45, 7) is 8.80. The van der Waals surface area contributed by atoms with Crippen LogP contribution in [-0.4, -0.2) is 36.6 Å². The highest BCUT2D eigenvalue weighted by Crippen LogP contribution is 2.26. The SMILES string of the molecule is Cc1ccc2c(C)c(C(=O)OCCCN3CCCCC3C)oc2c1. The van der Waals surface area contributed by atoms with Crippen molar-refractivity contribution in [2.45, 2.75) is 52.5 Å². The Morgan fingerprint density at radius 2 is 2.17 bits per heavy atom. The monoisotopic (exact) mass is 329 g/mol. The summed E-state index contributed by atoms with van der Waals surface area (Å²) in [5.74, 6) is -0.0185.